The molecule has 2 aromatic carbocycles. The van der Waals surface area contributed by atoms with Crippen LogP contribution >= 0.6 is 23.5 Å². The number of nitrogens with zero attached hydrogens (tertiary/aromatic N) is 5. The van der Waals surface area contributed by atoms with Gasteiger partial charge in [0.05, 0.1) is 17.5 Å². The maximum absolute atomic E-state index is 13.5. The summed E-state index contributed by atoms with van der Waals surface area (Å²) in [5.74, 6) is 1.60. The number of carbonyl (C=O) groups is 1. The number of hydrogen-bond donors (Lipinski definition) is 0. The van der Waals surface area contributed by atoms with Crippen molar-refractivity contribution < 1.29 is 9.18 Å². The molecule has 162 valence electrons. The number of rotatable bonds is 6. The normalized spacial score (nSPS) is 14.5. The van der Waals surface area contributed by atoms with Gasteiger partial charge >= 0.3 is 0 Å². The lowest BCUT2D eigenvalue weighted by atomic mass is 10.2. The highest BCUT2D eigenvalue weighted by molar-refractivity contribution is 8.00. The molecule has 1 aromatic heterocycles. The third-order valence-corrected chi connectivity index (χ3v) is 7.20. The fraction of sp³-hybridized carbons (Fsp3) is 0.318. The Labute approximate surface area is 189 Å². The monoisotopic (exact) mass is 457 g/mol. The average molecular weight is 458 g/mol. The van der Waals surface area contributed by atoms with Crippen LogP contribution in [0.3, 0.4) is 0 Å². The highest BCUT2D eigenvalue weighted by Gasteiger charge is 2.25. The number of carbonyl (C=O) groups excluding carboxylic acids is 1. The van der Waals surface area contributed by atoms with E-state index in [-0.39, 0.29) is 23.5 Å². The second kappa shape index (κ2) is 9.42. The maximum atomic E-state index is 13.5. The first-order valence-corrected chi connectivity index (χ1v) is 12.0. The van der Waals surface area contributed by atoms with Gasteiger partial charge in [-0.25, -0.2) is 4.39 Å². The molecule has 0 saturated carbocycles. The molecule has 2 heterocycles. The van der Waals surface area contributed by atoms with E-state index in [4.69, 9.17) is 0 Å². The number of halogens is 1. The van der Waals surface area contributed by atoms with Crippen molar-refractivity contribution in [1.82, 2.24) is 19.7 Å². The second-order valence-electron chi connectivity index (χ2n) is 7.44. The van der Waals surface area contributed by atoms with Gasteiger partial charge in [-0.1, -0.05) is 23.9 Å². The van der Waals surface area contributed by atoms with E-state index in [2.05, 4.69) is 10.2 Å². The van der Waals surface area contributed by atoms with Crippen LogP contribution in [-0.4, -0.2) is 57.7 Å². The Morgan fingerprint density at radius 1 is 1.19 bits per heavy atom. The molecule has 3 aromatic rings. The molecule has 0 fully saturated rings. The summed E-state index contributed by atoms with van der Waals surface area (Å²) in [5.41, 5.74) is 1.73. The third kappa shape index (κ3) is 4.63. The van der Waals surface area contributed by atoms with E-state index in [0.717, 1.165) is 27.8 Å². The van der Waals surface area contributed by atoms with Gasteiger partial charge < -0.3 is 4.90 Å². The first-order valence-electron chi connectivity index (χ1n) is 9.98. The number of thioether (sulfide) groups is 2. The van der Waals surface area contributed by atoms with Crippen LogP contribution in [-0.2, 0) is 4.79 Å². The lowest BCUT2D eigenvalue weighted by Crippen LogP contribution is -2.36. The summed E-state index contributed by atoms with van der Waals surface area (Å²) in [7, 11) is 3.94. The van der Waals surface area contributed by atoms with Crippen molar-refractivity contribution in [2.24, 2.45) is 0 Å². The Morgan fingerprint density at radius 3 is 2.68 bits per heavy atom. The molecular weight excluding hydrogens is 433 g/mol. The van der Waals surface area contributed by atoms with Crippen molar-refractivity contribution in [2.45, 2.75) is 23.0 Å². The van der Waals surface area contributed by atoms with Gasteiger partial charge in [-0.05, 0) is 57.4 Å². The van der Waals surface area contributed by atoms with Crippen molar-refractivity contribution in [3.8, 4) is 5.69 Å². The predicted molar refractivity (Wildman–Crippen MR) is 124 cm³/mol. The summed E-state index contributed by atoms with van der Waals surface area (Å²) >= 11 is 3.12. The molecule has 31 heavy (non-hydrogen) atoms. The van der Waals surface area contributed by atoms with E-state index in [1.165, 1.54) is 23.9 Å². The van der Waals surface area contributed by atoms with Gasteiger partial charge in [0.15, 0.2) is 11.0 Å². The summed E-state index contributed by atoms with van der Waals surface area (Å²) in [4.78, 5) is 18.1. The van der Waals surface area contributed by atoms with Crippen LogP contribution in [0, 0.1) is 5.82 Å². The highest BCUT2D eigenvalue weighted by Crippen LogP contribution is 2.35. The highest BCUT2D eigenvalue weighted by atomic mass is 32.2. The molecule has 1 atom stereocenters. The van der Waals surface area contributed by atoms with Crippen LogP contribution in [0.2, 0.25) is 0 Å². The van der Waals surface area contributed by atoms with Crippen LogP contribution in [0.25, 0.3) is 5.69 Å². The fourth-order valence-electron chi connectivity index (χ4n) is 3.34. The van der Waals surface area contributed by atoms with Gasteiger partial charge in [-0.3, -0.25) is 14.3 Å². The van der Waals surface area contributed by atoms with Gasteiger partial charge in [0.25, 0.3) is 0 Å². The number of hydrogen-bond acceptors (Lipinski definition) is 6. The molecule has 1 aliphatic rings. The molecule has 0 N–H and O–H groups in total. The van der Waals surface area contributed by atoms with Crippen molar-refractivity contribution >= 4 is 35.1 Å². The summed E-state index contributed by atoms with van der Waals surface area (Å²) in [6.07, 6.45) is 0. The van der Waals surface area contributed by atoms with E-state index in [0.29, 0.717) is 11.7 Å². The Hall–Kier alpha value is -2.36. The number of para-hydroxylation sites is 1. The van der Waals surface area contributed by atoms with Gasteiger partial charge in [0, 0.05) is 22.9 Å². The zero-order chi connectivity index (χ0) is 22.0. The minimum absolute atomic E-state index is 0.00593. The molecule has 9 heteroatoms. The predicted octanol–water partition coefficient (Wildman–Crippen LogP) is 4.26. The lowest BCUT2D eigenvalue weighted by Gasteiger charge is -2.28. The molecule has 0 aliphatic carbocycles. The van der Waals surface area contributed by atoms with Gasteiger partial charge in [0.1, 0.15) is 5.82 Å². The number of fused-ring (bicyclic) bond motifs is 1. The van der Waals surface area contributed by atoms with Crippen LogP contribution in [0.15, 0.2) is 58.6 Å². The first-order chi connectivity index (χ1) is 15.0. The van der Waals surface area contributed by atoms with Gasteiger partial charge in [0.2, 0.25) is 5.91 Å². The van der Waals surface area contributed by atoms with Gasteiger partial charge in [-0.2, -0.15) is 0 Å². The largest absolute Gasteiger partial charge is 0.310 e. The van der Waals surface area contributed by atoms with Crippen molar-refractivity contribution in [1.29, 1.82) is 0 Å². The molecule has 0 bridgehead atoms. The third-order valence-electron chi connectivity index (χ3n) is 5.25. The van der Waals surface area contributed by atoms with Crippen LogP contribution in [0.1, 0.15) is 18.8 Å². The number of aromatic nitrogens is 3. The molecule has 1 aliphatic heterocycles. The Morgan fingerprint density at radius 2 is 1.94 bits per heavy atom. The van der Waals surface area contributed by atoms with Crippen molar-refractivity contribution in [2.75, 3.05) is 37.0 Å². The van der Waals surface area contributed by atoms with Gasteiger partial charge in [-0.15, -0.1) is 22.0 Å². The van der Waals surface area contributed by atoms with E-state index >= 15 is 0 Å². The topological polar surface area (TPSA) is 54.3 Å². The molecule has 4 rings (SSSR count). The summed E-state index contributed by atoms with van der Waals surface area (Å²) in [6.45, 7) is 2.72. The van der Waals surface area contributed by atoms with Crippen molar-refractivity contribution in [3.05, 3.63) is 60.2 Å². The fourth-order valence-corrected chi connectivity index (χ4v) is 5.17. The molecular formula is C22H24FN5OS2. The molecule has 0 radical (unpaired) electrons. The van der Waals surface area contributed by atoms with Crippen LogP contribution in [0.5, 0.6) is 0 Å². The second-order valence-corrected chi connectivity index (χ2v) is 9.52. The maximum Gasteiger partial charge on any atom is 0.237 e. The molecule has 6 nitrogen and oxygen atoms in total. The van der Waals surface area contributed by atoms with Crippen LogP contribution < -0.4 is 4.90 Å². The van der Waals surface area contributed by atoms with Crippen LogP contribution in [0.4, 0.5) is 10.1 Å². The molecule has 0 unspecified atom stereocenters. The minimum atomic E-state index is -0.301. The number of anilines is 1. The van der Waals surface area contributed by atoms with E-state index in [1.807, 2.05) is 59.7 Å². The quantitative estimate of drug-likeness (QED) is 0.516. The van der Waals surface area contributed by atoms with Crippen molar-refractivity contribution in [3.63, 3.8) is 0 Å². The summed E-state index contributed by atoms with van der Waals surface area (Å²) in [6, 6.07) is 14.2. The molecule has 0 spiro atoms. The standard InChI is InChI=1S/C22H24FN5OS2/c1-15(26(2)3)21-24-25-22(28(21)17-10-8-16(23)9-11-17)31-14-20(29)27-12-13-30-19-7-5-4-6-18(19)27/h4-11,15H,12-14H2,1-3H3/t15-/m1/s1. The molecule has 0 saturated heterocycles. The SMILES string of the molecule is C[C@H](c1nnc(SCC(=O)N2CCSc3ccccc32)n1-c1ccc(F)cc1)N(C)C. The Bertz CT molecular complexity index is 1070. The summed E-state index contributed by atoms with van der Waals surface area (Å²) < 4.78 is 15.4. The van der Waals surface area contributed by atoms with E-state index < -0.39 is 0 Å². The Kier molecular flexibility index (Phi) is 6.64. The van der Waals surface area contributed by atoms with E-state index in [9.17, 15) is 9.18 Å². The lowest BCUT2D eigenvalue weighted by molar-refractivity contribution is -0.116. The number of benzene rings is 2. The number of amides is 1. The molecule has 1 amide bonds. The zero-order valence-corrected chi connectivity index (χ0v) is 19.3. The summed E-state index contributed by atoms with van der Waals surface area (Å²) in [5, 5.41) is 9.37. The first kappa shape index (κ1) is 21.9. The zero-order valence-electron chi connectivity index (χ0n) is 17.7. The Balaban J connectivity index is 1.59. The van der Waals surface area contributed by atoms with E-state index in [1.54, 1.807) is 23.9 Å². The minimum Gasteiger partial charge on any atom is -0.310 e. The average Bonchev–Trinajstić information content (AvgIpc) is 3.20. The smallest absolute Gasteiger partial charge is 0.237 e.